The number of aryl methyl sites for hydroxylation is 1. The van der Waals surface area contributed by atoms with Crippen molar-refractivity contribution in [2.75, 3.05) is 27.7 Å². The van der Waals surface area contributed by atoms with Crippen molar-refractivity contribution in [1.82, 2.24) is 14.2 Å². The Hall–Kier alpha value is -1.37. The van der Waals surface area contributed by atoms with Gasteiger partial charge in [0.25, 0.3) is 0 Å². The Bertz CT molecular complexity index is 794. The van der Waals surface area contributed by atoms with E-state index in [1.807, 2.05) is 12.1 Å². The summed E-state index contributed by atoms with van der Waals surface area (Å²) in [6, 6.07) is 6.05. The fourth-order valence-corrected chi connectivity index (χ4v) is 3.82. The molecule has 1 aromatic carbocycles. The lowest BCUT2D eigenvalue weighted by molar-refractivity contribution is 0.414. The average molecular weight is 366 g/mol. The Morgan fingerprint density at radius 2 is 1.96 bits per heavy atom. The van der Waals surface area contributed by atoms with E-state index in [9.17, 15) is 8.42 Å². The van der Waals surface area contributed by atoms with E-state index in [0.29, 0.717) is 0 Å². The maximum Gasteiger partial charge on any atom is 0.215 e. The van der Waals surface area contributed by atoms with Crippen molar-refractivity contribution in [1.29, 1.82) is 0 Å². The van der Waals surface area contributed by atoms with Crippen LogP contribution in [0, 0.1) is 0 Å². The fourth-order valence-electron chi connectivity index (χ4n) is 3.06. The van der Waals surface area contributed by atoms with E-state index < -0.39 is 10.0 Å². The number of aromatic nitrogens is 1. The van der Waals surface area contributed by atoms with Crippen LogP contribution in [0.15, 0.2) is 24.4 Å². The number of hydrogen-bond acceptors (Lipinski definition) is 3. The molecule has 0 aliphatic rings. The summed E-state index contributed by atoms with van der Waals surface area (Å²) in [5.74, 6) is 0.0214. The molecule has 1 heterocycles. The number of benzene rings is 1. The number of fused-ring (bicyclic) bond motifs is 1. The van der Waals surface area contributed by atoms with Gasteiger partial charge in [0.1, 0.15) is 0 Å². The van der Waals surface area contributed by atoms with Gasteiger partial charge in [0.15, 0.2) is 0 Å². The first-order valence-corrected chi connectivity index (χ1v) is 10.7. The van der Waals surface area contributed by atoms with Crippen LogP contribution < -0.4 is 4.72 Å². The van der Waals surface area contributed by atoms with Gasteiger partial charge in [0.05, 0.1) is 5.75 Å². The highest BCUT2D eigenvalue weighted by Crippen LogP contribution is 2.25. The Balaban J connectivity index is 2.36. The van der Waals surface area contributed by atoms with Crippen LogP contribution in [0.1, 0.15) is 37.3 Å². The van der Waals surface area contributed by atoms with Crippen LogP contribution in [-0.4, -0.2) is 45.6 Å². The van der Waals surface area contributed by atoms with Gasteiger partial charge >= 0.3 is 0 Å². The highest BCUT2D eigenvalue weighted by molar-refractivity contribution is 7.88. The molecule has 0 amide bonds. The molecule has 25 heavy (non-hydrogen) atoms. The molecule has 0 unspecified atom stereocenters. The van der Waals surface area contributed by atoms with Crippen molar-refractivity contribution < 1.29 is 8.42 Å². The van der Waals surface area contributed by atoms with Crippen molar-refractivity contribution in [3.8, 4) is 0 Å². The van der Waals surface area contributed by atoms with Gasteiger partial charge in [-0.1, -0.05) is 25.8 Å². The van der Waals surface area contributed by atoms with Crippen molar-refractivity contribution in [2.24, 2.45) is 0 Å². The zero-order valence-corrected chi connectivity index (χ0v) is 16.7. The maximum absolute atomic E-state index is 11.9. The van der Waals surface area contributed by atoms with E-state index in [-0.39, 0.29) is 5.75 Å². The van der Waals surface area contributed by atoms with Crippen molar-refractivity contribution in [3.63, 3.8) is 0 Å². The minimum atomic E-state index is -3.26. The number of rotatable bonds is 10. The van der Waals surface area contributed by atoms with E-state index in [4.69, 9.17) is 0 Å². The lowest BCUT2D eigenvalue weighted by Gasteiger charge is -2.08. The van der Waals surface area contributed by atoms with Crippen molar-refractivity contribution in [3.05, 3.63) is 35.5 Å². The topological polar surface area (TPSA) is 54.3 Å². The number of sulfonamides is 1. The second-order valence-corrected chi connectivity index (χ2v) is 8.85. The Morgan fingerprint density at radius 1 is 1.20 bits per heavy atom. The van der Waals surface area contributed by atoms with Gasteiger partial charge in [-0.2, -0.15) is 0 Å². The molecule has 0 fully saturated rings. The quantitative estimate of drug-likeness (QED) is 0.659. The second-order valence-electron chi connectivity index (χ2n) is 6.92. The van der Waals surface area contributed by atoms with Crippen LogP contribution in [0.25, 0.3) is 10.9 Å². The third-order valence-electron chi connectivity index (χ3n) is 4.53. The minimum absolute atomic E-state index is 0.0214. The highest BCUT2D eigenvalue weighted by atomic mass is 32.2. The summed E-state index contributed by atoms with van der Waals surface area (Å²) in [4.78, 5) is 2.18. The Morgan fingerprint density at radius 3 is 2.60 bits per heavy atom. The number of likely N-dealkylation sites (N-methyl/N-ethyl adjacent to an activating group) is 1. The molecule has 140 valence electrons. The van der Waals surface area contributed by atoms with Crippen LogP contribution in [0.3, 0.4) is 0 Å². The molecule has 0 radical (unpaired) electrons. The van der Waals surface area contributed by atoms with Gasteiger partial charge in [-0.15, -0.1) is 0 Å². The lowest BCUT2D eigenvalue weighted by atomic mass is 10.1. The third kappa shape index (κ3) is 5.56. The minimum Gasteiger partial charge on any atom is -0.347 e. The zero-order chi connectivity index (χ0) is 18.4. The third-order valence-corrected chi connectivity index (χ3v) is 5.86. The molecule has 6 heteroatoms. The molecule has 0 aliphatic carbocycles. The predicted octanol–water partition coefficient (Wildman–Crippen LogP) is 2.98. The van der Waals surface area contributed by atoms with E-state index >= 15 is 0 Å². The van der Waals surface area contributed by atoms with Crippen LogP contribution in [-0.2, 0) is 28.7 Å². The number of nitrogens with one attached hydrogen (secondary N) is 1. The molecule has 0 spiro atoms. The first-order chi connectivity index (χ1) is 11.9. The van der Waals surface area contributed by atoms with E-state index in [1.165, 1.54) is 42.8 Å². The summed E-state index contributed by atoms with van der Waals surface area (Å²) < 4.78 is 28.4. The summed E-state index contributed by atoms with van der Waals surface area (Å²) in [6.07, 6.45) is 6.82. The average Bonchev–Trinajstić information content (AvgIpc) is 2.90. The lowest BCUT2D eigenvalue weighted by Crippen LogP contribution is -2.20. The van der Waals surface area contributed by atoms with Gasteiger partial charge in [0.2, 0.25) is 10.0 Å². The molecule has 2 rings (SSSR count). The monoisotopic (exact) mass is 365 g/mol. The molecule has 2 aromatic rings. The number of unbranched alkanes of at least 4 members (excludes halogenated alkanes) is 2. The highest BCUT2D eigenvalue weighted by Gasteiger charge is 2.13. The number of hydrogen-bond donors (Lipinski definition) is 1. The fraction of sp³-hybridized carbons (Fsp3) is 0.579. The standard InChI is InChI=1S/C19H31N3O2S/c1-5-6-7-11-22-14-17(10-12-21(3)4)18-13-16(8-9-19(18)22)15-25(23,24)20-2/h8-9,13-14,20H,5-7,10-12,15H2,1-4H3. The van der Waals surface area contributed by atoms with Crippen LogP contribution in [0.2, 0.25) is 0 Å². The van der Waals surface area contributed by atoms with Crippen molar-refractivity contribution >= 4 is 20.9 Å². The van der Waals surface area contributed by atoms with Gasteiger partial charge in [-0.05, 0) is 57.2 Å². The Kier molecular flexibility index (Phi) is 7.04. The molecule has 0 bridgehead atoms. The Labute approximate surface area is 152 Å². The molecule has 1 N–H and O–H groups in total. The van der Waals surface area contributed by atoms with Crippen LogP contribution in [0.5, 0.6) is 0 Å². The molecule has 0 atom stereocenters. The summed E-state index contributed by atoms with van der Waals surface area (Å²) in [5, 5.41) is 1.18. The van der Waals surface area contributed by atoms with Gasteiger partial charge in [-0.25, -0.2) is 13.1 Å². The summed E-state index contributed by atoms with van der Waals surface area (Å²) in [7, 11) is 2.35. The second kappa shape index (κ2) is 8.83. The van der Waals surface area contributed by atoms with Crippen LogP contribution >= 0.6 is 0 Å². The van der Waals surface area contributed by atoms with Gasteiger partial charge in [-0.3, -0.25) is 0 Å². The van der Waals surface area contributed by atoms with E-state index in [2.05, 4.69) is 47.5 Å². The van der Waals surface area contributed by atoms with Crippen LogP contribution in [0.4, 0.5) is 0 Å². The SMILES string of the molecule is CCCCCn1cc(CCN(C)C)c2cc(CS(=O)(=O)NC)ccc21. The summed E-state index contributed by atoms with van der Waals surface area (Å²) >= 11 is 0. The van der Waals surface area contributed by atoms with Gasteiger partial charge in [0, 0.05) is 30.2 Å². The summed E-state index contributed by atoms with van der Waals surface area (Å²) in [5.41, 5.74) is 3.33. The van der Waals surface area contributed by atoms with E-state index in [0.717, 1.165) is 25.1 Å². The molecule has 0 saturated heterocycles. The van der Waals surface area contributed by atoms with Crippen molar-refractivity contribution in [2.45, 2.75) is 44.9 Å². The maximum atomic E-state index is 11.9. The zero-order valence-electron chi connectivity index (χ0n) is 15.9. The van der Waals surface area contributed by atoms with Gasteiger partial charge < -0.3 is 9.47 Å². The first kappa shape index (κ1) is 19.9. The smallest absolute Gasteiger partial charge is 0.215 e. The molecule has 0 aliphatic heterocycles. The molecule has 0 saturated carbocycles. The molecule has 5 nitrogen and oxygen atoms in total. The molecular formula is C19H31N3O2S. The molecule has 1 aromatic heterocycles. The summed E-state index contributed by atoms with van der Waals surface area (Å²) in [6.45, 7) is 4.21. The molecular weight excluding hydrogens is 334 g/mol. The largest absolute Gasteiger partial charge is 0.347 e. The number of nitrogens with zero attached hydrogens (tertiary/aromatic N) is 2. The first-order valence-electron chi connectivity index (χ1n) is 9.03. The predicted molar refractivity (Wildman–Crippen MR) is 105 cm³/mol. The normalized spacial score (nSPS) is 12.4. The van der Waals surface area contributed by atoms with E-state index in [1.54, 1.807) is 0 Å².